The van der Waals surface area contributed by atoms with Crippen LogP contribution < -0.4 is 4.90 Å². The van der Waals surface area contributed by atoms with Crippen LogP contribution in [0.3, 0.4) is 0 Å². The van der Waals surface area contributed by atoms with Crippen LogP contribution in [0.5, 0.6) is 0 Å². The van der Waals surface area contributed by atoms with E-state index >= 15 is 0 Å². The summed E-state index contributed by atoms with van der Waals surface area (Å²) >= 11 is 0. The van der Waals surface area contributed by atoms with Crippen molar-refractivity contribution in [3.05, 3.63) is 23.9 Å². The molecule has 7 heteroatoms. The minimum atomic E-state index is -1.04. The number of aromatic nitrogens is 1. The Hall–Kier alpha value is -2.15. The zero-order chi connectivity index (χ0) is 16.9. The SMILES string of the molecule is O=C(O)[C@H]1COCCN1C(=O)c1ccc(N2CCCCCC2)nc1. The molecule has 3 rings (SSSR count). The number of morpholine rings is 1. The number of pyridine rings is 1. The molecule has 2 aliphatic heterocycles. The van der Waals surface area contributed by atoms with Gasteiger partial charge in [0.2, 0.25) is 0 Å². The highest BCUT2D eigenvalue weighted by atomic mass is 16.5. The Morgan fingerprint density at radius 2 is 1.88 bits per heavy atom. The van der Waals surface area contributed by atoms with Crippen LogP contribution in [0, 0.1) is 0 Å². The quantitative estimate of drug-likeness (QED) is 0.900. The van der Waals surface area contributed by atoms with Gasteiger partial charge in [-0.25, -0.2) is 9.78 Å². The number of anilines is 1. The van der Waals surface area contributed by atoms with Crippen molar-refractivity contribution in [1.82, 2.24) is 9.88 Å². The first-order valence-corrected chi connectivity index (χ1v) is 8.49. The third kappa shape index (κ3) is 3.67. The van der Waals surface area contributed by atoms with Gasteiger partial charge in [-0.2, -0.15) is 0 Å². The predicted octanol–water partition coefficient (Wildman–Crippen LogP) is 1.39. The molecule has 0 saturated carbocycles. The van der Waals surface area contributed by atoms with Crippen molar-refractivity contribution in [2.45, 2.75) is 31.7 Å². The number of carboxylic acids is 1. The van der Waals surface area contributed by atoms with Gasteiger partial charge in [-0.3, -0.25) is 4.79 Å². The highest BCUT2D eigenvalue weighted by Gasteiger charge is 2.33. The Morgan fingerprint density at radius 1 is 1.12 bits per heavy atom. The predicted molar refractivity (Wildman–Crippen MR) is 88.2 cm³/mol. The molecular weight excluding hydrogens is 310 g/mol. The van der Waals surface area contributed by atoms with E-state index in [2.05, 4.69) is 9.88 Å². The lowest BCUT2D eigenvalue weighted by Crippen LogP contribution is -2.52. The molecule has 1 aromatic rings. The lowest BCUT2D eigenvalue weighted by Gasteiger charge is -2.32. The molecule has 1 atom stereocenters. The molecule has 24 heavy (non-hydrogen) atoms. The Bertz CT molecular complexity index is 582. The monoisotopic (exact) mass is 333 g/mol. The molecule has 7 nitrogen and oxygen atoms in total. The number of nitrogens with zero attached hydrogens (tertiary/aromatic N) is 3. The summed E-state index contributed by atoms with van der Waals surface area (Å²) in [5.74, 6) is -0.469. The van der Waals surface area contributed by atoms with E-state index in [1.54, 1.807) is 12.3 Å². The van der Waals surface area contributed by atoms with Gasteiger partial charge in [0, 0.05) is 25.8 Å². The smallest absolute Gasteiger partial charge is 0.328 e. The van der Waals surface area contributed by atoms with Crippen LogP contribution in [0.1, 0.15) is 36.0 Å². The molecule has 2 aliphatic rings. The standard InChI is InChI=1S/C17H23N3O4/c21-16(20-9-10-24-12-14(20)17(22)23)13-5-6-15(18-11-13)19-7-3-1-2-4-8-19/h5-6,11,14H,1-4,7-10,12H2,(H,22,23)/t14-/m1/s1. The van der Waals surface area contributed by atoms with Crippen LogP contribution in [0.25, 0.3) is 0 Å². The molecule has 0 bridgehead atoms. The van der Waals surface area contributed by atoms with E-state index in [-0.39, 0.29) is 19.1 Å². The highest BCUT2D eigenvalue weighted by Crippen LogP contribution is 2.19. The van der Waals surface area contributed by atoms with Crippen LogP contribution in [0.4, 0.5) is 5.82 Å². The summed E-state index contributed by atoms with van der Waals surface area (Å²) in [4.78, 5) is 31.9. The fraction of sp³-hybridized carbons (Fsp3) is 0.588. The molecule has 1 amide bonds. The second-order valence-electron chi connectivity index (χ2n) is 6.23. The average Bonchev–Trinajstić information content (AvgIpc) is 2.90. The molecule has 0 radical (unpaired) electrons. The summed E-state index contributed by atoms with van der Waals surface area (Å²) < 4.78 is 5.17. The van der Waals surface area contributed by atoms with Crippen molar-refractivity contribution < 1.29 is 19.4 Å². The van der Waals surface area contributed by atoms with Gasteiger partial charge in [-0.1, -0.05) is 12.8 Å². The minimum absolute atomic E-state index is 0.0281. The fourth-order valence-corrected chi connectivity index (χ4v) is 3.22. The second kappa shape index (κ2) is 7.61. The number of carbonyl (C=O) groups excluding carboxylic acids is 1. The number of rotatable bonds is 3. The number of aliphatic carboxylic acids is 1. The second-order valence-corrected chi connectivity index (χ2v) is 6.23. The minimum Gasteiger partial charge on any atom is -0.480 e. The van der Waals surface area contributed by atoms with Crippen molar-refractivity contribution in [3.63, 3.8) is 0 Å². The molecule has 130 valence electrons. The largest absolute Gasteiger partial charge is 0.480 e. The Morgan fingerprint density at radius 3 is 2.50 bits per heavy atom. The summed E-state index contributed by atoms with van der Waals surface area (Å²) in [5, 5.41) is 9.25. The number of amides is 1. The number of carbonyl (C=O) groups is 2. The Balaban J connectivity index is 1.72. The third-order valence-corrected chi connectivity index (χ3v) is 4.60. The van der Waals surface area contributed by atoms with Crippen molar-refractivity contribution in [3.8, 4) is 0 Å². The average molecular weight is 333 g/mol. The lowest BCUT2D eigenvalue weighted by molar-refractivity contribution is -0.147. The summed E-state index contributed by atoms with van der Waals surface area (Å²) in [6.45, 7) is 2.65. The summed E-state index contributed by atoms with van der Waals surface area (Å²) in [6.07, 6.45) is 6.38. The van der Waals surface area contributed by atoms with Gasteiger partial charge in [0.15, 0.2) is 6.04 Å². The first kappa shape index (κ1) is 16.7. The maximum atomic E-state index is 12.6. The topological polar surface area (TPSA) is 83.0 Å². The summed E-state index contributed by atoms with van der Waals surface area (Å²) in [7, 11) is 0. The van der Waals surface area contributed by atoms with E-state index < -0.39 is 12.0 Å². The third-order valence-electron chi connectivity index (χ3n) is 4.60. The van der Waals surface area contributed by atoms with Crippen LogP contribution in [-0.4, -0.2) is 65.8 Å². The van der Waals surface area contributed by atoms with E-state index in [0.717, 1.165) is 31.7 Å². The molecule has 3 heterocycles. The van der Waals surface area contributed by atoms with E-state index in [0.29, 0.717) is 12.2 Å². The van der Waals surface area contributed by atoms with E-state index in [9.17, 15) is 14.7 Å². The summed E-state index contributed by atoms with van der Waals surface area (Å²) in [5.41, 5.74) is 0.418. The Kier molecular flexibility index (Phi) is 5.30. The first-order chi connectivity index (χ1) is 11.7. The van der Waals surface area contributed by atoms with Gasteiger partial charge < -0.3 is 19.6 Å². The molecule has 1 aromatic heterocycles. The fourth-order valence-electron chi connectivity index (χ4n) is 3.22. The number of ether oxygens (including phenoxy) is 1. The van der Waals surface area contributed by atoms with Crippen LogP contribution >= 0.6 is 0 Å². The van der Waals surface area contributed by atoms with Gasteiger partial charge in [-0.15, -0.1) is 0 Å². The molecule has 1 N–H and O–H groups in total. The molecule has 0 aromatic carbocycles. The lowest BCUT2D eigenvalue weighted by atomic mass is 10.1. The first-order valence-electron chi connectivity index (χ1n) is 8.49. The zero-order valence-corrected chi connectivity index (χ0v) is 13.7. The van der Waals surface area contributed by atoms with E-state index in [1.165, 1.54) is 17.7 Å². The summed E-state index contributed by atoms with van der Waals surface area (Å²) in [6, 6.07) is 2.66. The van der Waals surface area contributed by atoms with Crippen molar-refractivity contribution in [2.75, 3.05) is 37.7 Å². The normalized spacial score (nSPS) is 22.1. The maximum Gasteiger partial charge on any atom is 0.328 e. The van der Waals surface area contributed by atoms with E-state index in [4.69, 9.17) is 4.74 Å². The van der Waals surface area contributed by atoms with Crippen LogP contribution in [0.15, 0.2) is 18.3 Å². The van der Waals surface area contributed by atoms with Gasteiger partial charge in [0.05, 0.1) is 18.8 Å². The molecule has 0 spiro atoms. The van der Waals surface area contributed by atoms with Crippen molar-refractivity contribution in [2.24, 2.45) is 0 Å². The molecular formula is C17H23N3O4. The van der Waals surface area contributed by atoms with Crippen LogP contribution in [0.2, 0.25) is 0 Å². The Labute approximate surface area is 141 Å². The number of carboxylic acid groups (broad SMARTS) is 1. The molecule has 0 unspecified atom stereocenters. The van der Waals surface area contributed by atoms with Crippen molar-refractivity contribution >= 4 is 17.7 Å². The van der Waals surface area contributed by atoms with Gasteiger partial charge >= 0.3 is 5.97 Å². The van der Waals surface area contributed by atoms with Gasteiger partial charge in [0.25, 0.3) is 5.91 Å². The zero-order valence-electron chi connectivity index (χ0n) is 13.7. The number of hydrogen-bond donors (Lipinski definition) is 1. The van der Waals surface area contributed by atoms with Crippen LogP contribution in [-0.2, 0) is 9.53 Å². The van der Waals surface area contributed by atoms with Crippen molar-refractivity contribution in [1.29, 1.82) is 0 Å². The number of hydrogen-bond acceptors (Lipinski definition) is 5. The van der Waals surface area contributed by atoms with Gasteiger partial charge in [0.1, 0.15) is 5.82 Å². The van der Waals surface area contributed by atoms with E-state index in [1.807, 2.05) is 6.07 Å². The molecule has 2 saturated heterocycles. The van der Waals surface area contributed by atoms with Gasteiger partial charge in [-0.05, 0) is 25.0 Å². The highest BCUT2D eigenvalue weighted by molar-refractivity contribution is 5.96. The molecule has 2 fully saturated rings. The maximum absolute atomic E-state index is 12.6. The molecule has 0 aliphatic carbocycles.